The Morgan fingerprint density at radius 2 is 2.00 bits per heavy atom. The van der Waals surface area contributed by atoms with Crippen LogP contribution in [-0.4, -0.2) is 39.2 Å². The molecular formula is C8H19NO3S. The Balaban J connectivity index is 3.77. The molecule has 0 aliphatic rings. The normalized spacial score (nSPS) is 14.4. The van der Waals surface area contributed by atoms with E-state index in [0.29, 0.717) is 6.61 Å². The second-order valence-electron chi connectivity index (χ2n) is 3.03. The highest BCUT2D eigenvalue weighted by atomic mass is 32.2. The molecule has 1 atom stereocenters. The lowest BCUT2D eigenvalue weighted by atomic mass is 10.5. The van der Waals surface area contributed by atoms with Crippen molar-refractivity contribution in [3.8, 4) is 0 Å². The molecule has 0 saturated heterocycles. The van der Waals surface area contributed by atoms with Gasteiger partial charge < -0.3 is 10.5 Å². The van der Waals surface area contributed by atoms with Gasteiger partial charge in [-0.3, -0.25) is 0 Å². The van der Waals surface area contributed by atoms with Gasteiger partial charge in [-0.05, 0) is 13.3 Å². The average molecular weight is 209 g/mol. The lowest BCUT2D eigenvalue weighted by Gasteiger charge is -2.10. The van der Waals surface area contributed by atoms with Crippen molar-refractivity contribution in [2.24, 2.45) is 5.73 Å². The third kappa shape index (κ3) is 5.23. The first-order chi connectivity index (χ1) is 6.04. The number of rotatable bonds is 7. The molecule has 0 saturated carbocycles. The van der Waals surface area contributed by atoms with Gasteiger partial charge in [-0.1, -0.05) is 6.92 Å². The molecule has 2 N–H and O–H groups in total. The molecule has 0 bridgehead atoms. The maximum atomic E-state index is 11.4. The minimum atomic E-state index is -3.04. The highest BCUT2D eigenvalue weighted by Gasteiger charge is 2.18. The minimum absolute atomic E-state index is 0.0748. The molecule has 80 valence electrons. The van der Waals surface area contributed by atoms with Crippen molar-refractivity contribution in [3.63, 3.8) is 0 Å². The fourth-order valence-corrected chi connectivity index (χ4v) is 1.82. The first-order valence-electron chi connectivity index (χ1n) is 4.54. The van der Waals surface area contributed by atoms with Crippen molar-refractivity contribution in [1.82, 2.24) is 0 Å². The van der Waals surface area contributed by atoms with Crippen molar-refractivity contribution in [2.75, 3.05) is 25.5 Å². The zero-order valence-electron chi connectivity index (χ0n) is 8.32. The Hall–Kier alpha value is -0.130. The molecule has 0 aromatic carbocycles. The largest absolute Gasteiger partial charge is 0.380 e. The van der Waals surface area contributed by atoms with Gasteiger partial charge in [0.15, 0.2) is 9.84 Å². The van der Waals surface area contributed by atoms with Crippen LogP contribution in [0.2, 0.25) is 0 Å². The summed E-state index contributed by atoms with van der Waals surface area (Å²) in [7, 11) is -3.04. The number of ether oxygens (including phenoxy) is 1. The molecule has 0 aliphatic heterocycles. The molecule has 0 spiro atoms. The highest BCUT2D eigenvalue weighted by molar-refractivity contribution is 7.92. The monoisotopic (exact) mass is 209 g/mol. The van der Waals surface area contributed by atoms with Crippen molar-refractivity contribution in [1.29, 1.82) is 0 Å². The first-order valence-corrected chi connectivity index (χ1v) is 6.25. The molecule has 0 radical (unpaired) electrons. The fourth-order valence-electron chi connectivity index (χ4n) is 0.769. The van der Waals surface area contributed by atoms with Gasteiger partial charge in [0.1, 0.15) is 0 Å². The van der Waals surface area contributed by atoms with Gasteiger partial charge in [-0.15, -0.1) is 0 Å². The van der Waals surface area contributed by atoms with Gasteiger partial charge in [0.2, 0.25) is 0 Å². The van der Waals surface area contributed by atoms with Gasteiger partial charge in [0.25, 0.3) is 0 Å². The molecule has 0 amide bonds. The van der Waals surface area contributed by atoms with Crippen molar-refractivity contribution in [2.45, 2.75) is 25.5 Å². The van der Waals surface area contributed by atoms with Crippen LogP contribution in [0.15, 0.2) is 0 Å². The van der Waals surface area contributed by atoms with Crippen LogP contribution in [0.4, 0.5) is 0 Å². The van der Waals surface area contributed by atoms with Gasteiger partial charge in [-0.25, -0.2) is 8.42 Å². The van der Waals surface area contributed by atoms with E-state index < -0.39 is 15.1 Å². The van der Waals surface area contributed by atoms with Crippen molar-refractivity contribution < 1.29 is 13.2 Å². The van der Waals surface area contributed by atoms with Crippen LogP contribution in [0.5, 0.6) is 0 Å². The van der Waals surface area contributed by atoms with Crippen LogP contribution < -0.4 is 5.73 Å². The zero-order valence-corrected chi connectivity index (χ0v) is 9.14. The summed E-state index contributed by atoms with van der Waals surface area (Å²) >= 11 is 0. The SMILES string of the molecule is CCCOCCS(=O)(=O)C(C)CN. The zero-order chi connectivity index (χ0) is 10.3. The molecule has 0 heterocycles. The number of hydrogen-bond donors (Lipinski definition) is 1. The van der Waals surface area contributed by atoms with Gasteiger partial charge in [0.05, 0.1) is 17.6 Å². The lowest BCUT2D eigenvalue weighted by molar-refractivity contribution is 0.149. The molecule has 1 unspecified atom stereocenters. The number of nitrogens with two attached hydrogens (primary N) is 1. The summed E-state index contributed by atoms with van der Waals surface area (Å²) in [5.41, 5.74) is 5.27. The lowest BCUT2D eigenvalue weighted by Crippen LogP contribution is -2.30. The van der Waals surface area contributed by atoms with Crippen molar-refractivity contribution in [3.05, 3.63) is 0 Å². The van der Waals surface area contributed by atoms with Crippen LogP contribution in [0.25, 0.3) is 0 Å². The molecule has 4 nitrogen and oxygen atoms in total. The quantitative estimate of drug-likeness (QED) is 0.607. The fraction of sp³-hybridized carbons (Fsp3) is 1.00. The van der Waals surface area contributed by atoms with E-state index in [9.17, 15) is 8.42 Å². The Bertz CT molecular complexity index is 213. The van der Waals surface area contributed by atoms with E-state index in [4.69, 9.17) is 10.5 Å². The van der Waals surface area contributed by atoms with E-state index in [2.05, 4.69) is 0 Å². The van der Waals surface area contributed by atoms with Gasteiger partial charge in [-0.2, -0.15) is 0 Å². The number of hydrogen-bond acceptors (Lipinski definition) is 4. The molecule has 0 aliphatic carbocycles. The molecule has 0 fully saturated rings. The maximum absolute atomic E-state index is 11.4. The summed E-state index contributed by atoms with van der Waals surface area (Å²) in [4.78, 5) is 0. The summed E-state index contributed by atoms with van der Waals surface area (Å²) < 4.78 is 27.8. The molecular weight excluding hydrogens is 190 g/mol. The summed E-state index contributed by atoms with van der Waals surface area (Å²) in [5, 5.41) is -0.460. The van der Waals surface area contributed by atoms with E-state index in [-0.39, 0.29) is 18.9 Å². The second-order valence-corrected chi connectivity index (χ2v) is 5.56. The predicted molar refractivity (Wildman–Crippen MR) is 53.4 cm³/mol. The first kappa shape index (κ1) is 12.9. The molecule has 0 aromatic heterocycles. The third-order valence-corrected chi connectivity index (χ3v) is 3.96. The summed E-state index contributed by atoms with van der Waals surface area (Å²) in [6, 6.07) is 0. The Kier molecular flexibility index (Phi) is 6.28. The average Bonchev–Trinajstić information content (AvgIpc) is 2.11. The van der Waals surface area contributed by atoms with Gasteiger partial charge in [0, 0.05) is 13.2 Å². The van der Waals surface area contributed by atoms with Crippen LogP contribution in [0.3, 0.4) is 0 Å². The molecule has 13 heavy (non-hydrogen) atoms. The predicted octanol–water partition coefficient (Wildman–Crippen LogP) is 0.175. The van der Waals surface area contributed by atoms with E-state index in [0.717, 1.165) is 6.42 Å². The van der Waals surface area contributed by atoms with Crippen LogP contribution >= 0.6 is 0 Å². The summed E-state index contributed by atoms with van der Waals surface area (Å²) in [5.74, 6) is 0.0748. The second kappa shape index (κ2) is 6.34. The molecule has 5 heteroatoms. The third-order valence-electron chi connectivity index (χ3n) is 1.81. The van der Waals surface area contributed by atoms with E-state index in [1.165, 1.54) is 0 Å². The van der Waals surface area contributed by atoms with Crippen LogP contribution in [0, 0.1) is 0 Å². The maximum Gasteiger partial charge on any atom is 0.156 e. The topological polar surface area (TPSA) is 69.4 Å². The van der Waals surface area contributed by atoms with E-state index >= 15 is 0 Å². The standard InChI is InChI=1S/C8H19NO3S/c1-3-4-12-5-6-13(10,11)8(2)7-9/h8H,3-7,9H2,1-2H3. The van der Waals surface area contributed by atoms with E-state index in [1.54, 1.807) is 6.92 Å². The highest BCUT2D eigenvalue weighted by Crippen LogP contribution is 2.00. The Morgan fingerprint density at radius 1 is 1.38 bits per heavy atom. The van der Waals surface area contributed by atoms with Crippen LogP contribution in [-0.2, 0) is 14.6 Å². The van der Waals surface area contributed by atoms with E-state index in [1.807, 2.05) is 6.92 Å². The minimum Gasteiger partial charge on any atom is -0.380 e. The Morgan fingerprint density at radius 3 is 2.46 bits per heavy atom. The smallest absolute Gasteiger partial charge is 0.156 e. The van der Waals surface area contributed by atoms with Crippen molar-refractivity contribution >= 4 is 9.84 Å². The number of sulfone groups is 1. The van der Waals surface area contributed by atoms with Gasteiger partial charge >= 0.3 is 0 Å². The Labute approximate surface area is 80.4 Å². The van der Waals surface area contributed by atoms with Crippen LogP contribution in [0.1, 0.15) is 20.3 Å². The molecule has 0 rings (SSSR count). The summed E-state index contributed by atoms with van der Waals surface area (Å²) in [6.07, 6.45) is 0.909. The summed E-state index contributed by atoms with van der Waals surface area (Å²) in [6.45, 7) is 4.68. The molecule has 0 aromatic rings.